The summed E-state index contributed by atoms with van der Waals surface area (Å²) in [6, 6.07) is 3.82. The number of anilines is 1. The molecule has 1 saturated carbocycles. The van der Waals surface area contributed by atoms with Crippen LogP contribution in [-0.2, 0) is 16.4 Å². The largest absolute Gasteiger partial charge is 0.478 e. The van der Waals surface area contributed by atoms with Crippen LogP contribution in [0.5, 0.6) is 0 Å². The number of hydrogen-bond donors (Lipinski definition) is 3. The van der Waals surface area contributed by atoms with Gasteiger partial charge in [0.15, 0.2) is 0 Å². The van der Waals surface area contributed by atoms with Gasteiger partial charge in [-0.1, -0.05) is 13.0 Å². The maximum atomic E-state index is 15.0. The molecule has 6 nitrogen and oxygen atoms in total. The van der Waals surface area contributed by atoms with Crippen molar-refractivity contribution in [1.82, 2.24) is 0 Å². The molecule has 1 fully saturated rings. The molecular formula is C24H22F5N3O3. The number of rotatable bonds is 8. The van der Waals surface area contributed by atoms with Crippen molar-refractivity contribution in [2.24, 2.45) is 10.7 Å². The summed E-state index contributed by atoms with van der Waals surface area (Å²) in [5.41, 5.74) is 1.67. The van der Waals surface area contributed by atoms with Crippen molar-refractivity contribution < 1.29 is 36.6 Å². The molecule has 0 aliphatic heterocycles. The Bertz CT molecular complexity index is 1220. The van der Waals surface area contributed by atoms with Gasteiger partial charge in [-0.15, -0.1) is 0 Å². The topological polar surface area (TPSA) is 105 Å². The summed E-state index contributed by atoms with van der Waals surface area (Å²) in [5, 5.41) is 12.0. The van der Waals surface area contributed by atoms with Gasteiger partial charge in [0.05, 0.1) is 16.5 Å². The minimum atomic E-state index is -4.75. The summed E-state index contributed by atoms with van der Waals surface area (Å²) >= 11 is 0. The molecule has 4 N–H and O–H groups in total. The molecule has 0 heterocycles. The predicted octanol–water partition coefficient (Wildman–Crippen LogP) is 5.13. The van der Waals surface area contributed by atoms with Crippen LogP contribution in [0.3, 0.4) is 0 Å². The molecular weight excluding hydrogens is 473 g/mol. The number of alkyl halides is 3. The smallest absolute Gasteiger partial charge is 0.416 e. The first kappa shape index (κ1) is 25.9. The molecule has 0 aromatic heterocycles. The number of carbonyl (C=O) groups is 2. The van der Waals surface area contributed by atoms with E-state index in [1.54, 1.807) is 0 Å². The standard InChI is InChI=1S/C24H22F5N3O3/c1-2-7-31-12-13(11-30)20-16(21(33)34)9-15(10-19(20)26)32-22(35)23(5-6-23)17-4-3-14(8-18(17)25)24(27,28)29/h3-4,8-12H,2,5-7,30H2,1H3,(H,32,35)(H,33,34). The molecule has 1 amide bonds. The molecule has 35 heavy (non-hydrogen) atoms. The van der Waals surface area contributed by atoms with Crippen molar-refractivity contribution in [2.75, 3.05) is 11.9 Å². The summed E-state index contributed by atoms with van der Waals surface area (Å²) in [4.78, 5) is 28.8. The fourth-order valence-electron chi connectivity index (χ4n) is 3.70. The average molecular weight is 495 g/mol. The molecule has 1 aliphatic carbocycles. The minimum Gasteiger partial charge on any atom is -0.478 e. The van der Waals surface area contributed by atoms with Crippen LogP contribution in [0.4, 0.5) is 27.6 Å². The third-order valence-corrected chi connectivity index (χ3v) is 5.63. The molecule has 2 aromatic rings. The first-order chi connectivity index (χ1) is 16.4. The van der Waals surface area contributed by atoms with Crippen LogP contribution >= 0.6 is 0 Å². The number of allylic oxidation sites excluding steroid dienone is 1. The molecule has 0 saturated heterocycles. The summed E-state index contributed by atoms with van der Waals surface area (Å²) in [7, 11) is 0. The molecule has 2 aromatic carbocycles. The first-order valence-electron chi connectivity index (χ1n) is 10.6. The second-order valence-electron chi connectivity index (χ2n) is 8.07. The van der Waals surface area contributed by atoms with Crippen LogP contribution in [0.1, 0.15) is 53.2 Å². The monoisotopic (exact) mass is 495 g/mol. The number of amides is 1. The molecule has 0 atom stereocenters. The Morgan fingerprint density at radius 1 is 1.17 bits per heavy atom. The highest BCUT2D eigenvalue weighted by Gasteiger charge is 2.53. The van der Waals surface area contributed by atoms with Crippen LogP contribution in [-0.4, -0.2) is 29.7 Å². The van der Waals surface area contributed by atoms with Gasteiger partial charge in [-0.2, -0.15) is 13.2 Å². The highest BCUT2D eigenvalue weighted by Crippen LogP contribution is 2.50. The van der Waals surface area contributed by atoms with Crippen molar-refractivity contribution in [2.45, 2.75) is 37.8 Å². The lowest BCUT2D eigenvalue weighted by Crippen LogP contribution is -2.29. The second kappa shape index (κ2) is 9.85. The second-order valence-corrected chi connectivity index (χ2v) is 8.07. The van der Waals surface area contributed by atoms with Crippen LogP contribution in [0.25, 0.3) is 5.57 Å². The Balaban J connectivity index is 1.93. The van der Waals surface area contributed by atoms with Gasteiger partial charge in [0.1, 0.15) is 11.6 Å². The van der Waals surface area contributed by atoms with Crippen molar-refractivity contribution in [3.63, 3.8) is 0 Å². The summed E-state index contributed by atoms with van der Waals surface area (Å²) in [6.45, 7) is 2.28. The number of nitrogens with two attached hydrogens (primary N) is 1. The van der Waals surface area contributed by atoms with E-state index in [1.807, 2.05) is 6.92 Å². The summed E-state index contributed by atoms with van der Waals surface area (Å²) in [5.74, 6) is -4.47. The molecule has 0 unspecified atom stereocenters. The van der Waals surface area contributed by atoms with E-state index in [0.717, 1.165) is 24.4 Å². The van der Waals surface area contributed by atoms with Crippen molar-refractivity contribution in [3.05, 3.63) is 70.4 Å². The van der Waals surface area contributed by atoms with Crippen LogP contribution in [0.15, 0.2) is 41.5 Å². The van der Waals surface area contributed by atoms with Gasteiger partial charge < -0.3 is 16.2 Å². The number of carbonyl (C=O) groups excluding carboxylic acids is 1. The van der Waals surface area contributed by atoms with Gasteiger partial charge in [-0.05, 0) is 43.5 Å². The van der Waals surface area contributed by atoms with Gasteiger partial charge in [-0.25, -0.2) is 13.6 Å². The number of benzene rings is 2. The molecule has 0 spiro atoms. The van der Waals surface area contributed by atoms with E-state index < -0.39 is 46.2 Å². The Labute approximate surface area is 197 Å². The number of carboxylic acids is 1. The number of halogens is 5. The van der Waals surface area contributed by atoms with Crippen LogP contribution in [0.2, 0.25) is 0 Å². The van der Waals surface area contributed by atoms with Gasteiger partial charge in [0, 0.05) is 41.3 Å². The number of carboxylic acid groups (broad SMARTS) is 1. The Hall–Kier alpha value is -3.76. The molecule has 1 aliphatic rings. The normalized spacial score (nSPS) is 15.3. The molecule has 186 valence electrons. The highest BCUT2D eigenvalue weighted by molar-refractivity contribution is 6.14. The van der Waals surface area contributed by atoms with Crippen molar-refractivity contribution in [1.29, 1.82) is 0 Å². The summed E-state index contributed by atoms with van der Waals surface area (Å²) < 4.78 is 68.0. The molecule has 3 rings (SSSR count). The predicted molar refractivity (Wildman–Crippen MR) is 120 cm³/mol. The van der Waals surface area contributed by atoms with E-state index in [2.05, 4.69) is 10.3 Å². The van der Waals surface area contributed by atoms with Crippen LogP contribution in [0, 0.1) is 11.6 Å². The van der Waals surface area contributed by atoms with Crippen molar-refractivity contribution >= 4 is 29.4 Å². The number of aromatic carboxylic acids is 1. The molecule has 0 bridgehead atoms. The Morgan fingerprint density at radius 3 is 2.37 bits per heavy atom. The Kier molecular flexibility index (Phi) is 7.27. The fourth-order valence-corrected chi connectivity index (χ4v) is 3.70. The van der Waals surface area contributed by atoms with Gasteiger partial charge >= 0.3 is 12.1 Å². The average Bonchev–Trinajstić information content (AvgIpc) is 3.58. The third-order valence-electron chi connectivity index (χ3n) is 5.63. The van der Waals surface area contributed by atoms with Crippen molar-refractivity contribution in [3.8, 4) is 0 Å². The first-order valence-corrected chi connectivity index (χ1v) is 10.6. The van der Waals surface area contributed by atoms with E-state index >= 15 is 0 Å². The number of hydrogen-bond acceptors (Lipinski definition) is 4. The number of nitrogens with zero attached hydrogens (tertiary/aromatic N) is 1. The summed E-state index contributed by atoms with van der Waals surface area (Å²) in [6.07, 6.45) is -1.48. The lowest BCUT2D eigenvalue weighted by Gasteiger charge is -2.19. The highest BCUT2D eigenvalue weighted by atomic mass is 19.4. The van der Waals surface area contributed by atoms with Gasteiger partial charge in [0.2, 0.25) is 5.91 Å². The number of aliphatic imine (C=N–C) groups is 1. The maximum Gasteiger partial charge on any atom is 0.416 e. The number of nitrogens with one attached hydrogen (secondary N) is 1. The van der Waals surface area contributed by atoms with Gasteiger partial charge in [0.25, 0.3) is 0 Å². The third kappa shape index (κ3) is 5.33. The van der Waals surface area contributed by atoms with E-state index in [0.29, 0.717) is 25.1 Å². The fraction of sp³-hybridized carbons (Fsp3) is 0.292. The molecule has 11 heteroatoms. The zero-order valence-corrected chi connectivity index (χ0v) is 18.5. The zero-order valence-electron chi connectivity index (χ0n) is 18.5. The lowest BCUT2D eigenvalue weighted by atomic mass is 9.92. The van der Waals surface area contributed by atoms with E-state index in [9.17, 15) is 36.6 Å². The van der Waals surface area contributed by atoms with E-state index in [4.69, 9.17) is 5.73 Å². The molecule has 0 radical (unpaired) electrons. The SMILES string of the molecule is CCCN=CC(=CN)c1c(F)cc(NC(=O)C2(c3ccc(C(F)(F)F)cc3F)CC2)cc1C(=O)O. The van der Waals surface area contributed by atoms with E-state index in [1.165, 1.54) is 6.21 Å². The minimum absolute atomic E-state index is 0.0247. The lowest BCUT2D eigenvalue weighted by molar-refractivity contribution is -0.137. The van der Waals surface area contributed by atoms with E-state index in [-0.39, 0.29) is 35.2 Å². The zero-order chi connectivity index (χ0) is 26.0. The maximum absolute atomic E-state index is 15.0. The van der Waals surface area contributed by atoms with Gasteiger partial charge in [-0.3, -0.25) is 9.79 Å². The Morgan fingerprint density at radius 2 is 1.86 bits per heavy atom. The quantitative estimate of drug-likeness (QED) is 0.349. The van der Waals surface area contributed by atoms with Crippen LogP contribution < -0.4 is 11.1 Å².